The molecular weight excluding hydrogens is 180 g/mol. The Kier molecular flexibility index (Phi) is 4.91. The van der Waals surface area contributed by atoms with E-state index in [0.29, 0.717) is 6.54 Å². The summed E-state index contributed by atoms with van der Waals surface area (Å²) in [6, 6.07) is 0.120. The van der Waals surface area contributed by atoms with E-state index in [2.05, 4.69) is 0 Å². The van der Waals surface area contributed by atoms with Crippen LogP contribution in [-0.4, -0.2) is 36.2 Å². The molecular formula is C10H22N2O2. The van der Waals surface area contributed by atoms with Crippen LogP contribution >= 0.6 is 0 Å². The molecule has 0 aromatic rings. The van der Waals surface area contributed by atoms with Gasteiger partial charge in [0.05, 0.1) is 0 Å². The van der Waals surface area contributed by atoms with Gasteiger partial charge in [0.25, 0.3) is 0 Å². The molecule has 1 atom stereocenters. The standard InChI is InChI=1S/C10H22N2O2/c1-8(6-7-11)12(5)9(13)14-10(2,3)4/h8H,6-7,11H2,1-5H3/t8-/m0/s1. The van der Waals surface area contributed by atoms with Crippen LogP contribution in [0.1, 0.15) is 34.1 Å². The zero-order valence-corrected chi connectivity index (χ0v) is 9.83. The number of carbonyl (C=O) groups excluding carboxylic acids is 1. The molecule has 0 rings (SSSR count). The Balaban J connectivity index is 4.12. The molecule has 14 heavy (non-hydrogen) atoms. The Bertz CT molecular complexity index is 187. The zero-order valence-electron chi connectivity index (χ0n) is 9.83. The first-order valence-electron chi connectivity index (χ1n) is 4.94. The van der Waals surface area contributed by atoms with Crippen molar-refractivity contribution >= 4 is 6.09 Å². The molecule has 0 aromatic heterocycles. The van der Waals surface area contributed by atoms with Gasteiger partial charge >= 0.3 is 6.09 Å². The monoisotopic (exact) mass is 202 g/mol. The van der Waals surface area contributed by atoms with Crippen LogP contribution in [0.2, 0.25) is 0 Å². The van der Waals surface area contributed by atoms with E-state index in [4.69, 9.17) is 10.5 Å². The number of hydrogen-bond acceptors (Lipinski definition) is 3. The molecule has 0 aromatic carbocycles. The summed E-state index contributed by atoms with van der Waals surface area (Å²) >= 11 is 0. The molecule has 0 saturated heterocycles. The topological polar surface area (TPSA) is 55.6 Å². The van der Waals surface area contributed by atoms with Crippen LogP contribution in [0, 0.1) is 0 Å². The lowest BCUT2D eigenvalue weighted by Gasteiger charge is -2.28. The van der Waals surface area contributed by atoms with Gasteiger partial charge in [0.1, 0.15) is 5.60 Å². The van der Waals surface area contributed by atoms with Crippen LogP contribution in [0.15, 0.2) is 0 Å². The van der Waals surface area contributed by atoms with Gasteiger partial charge in [0, 0.05) is 13.1 Å². The van der Waals surface area contributed by atoms with Gasteiger partial charge in [-0.1, -0.05) is 0 Å². The van der Waals surface area contributed by atoms with Gasteiger partial charge in [-0.2, -0.15) is 0 Å². The van der Waals surface area contributed by atoms with E-state index >= 15 is 0 Å². The zero-order chi connectivity index (χ0) is 11.4. The molecule has 0 aliphatic heterocycles. The summed E-state index contributed by atoms with van der Waals surface area (Å²) in [7, 11) is 1.73. The van der Waals surface area contributed by atoms with E-state index in [1.807, 2.05) is 27.7 Å². The average molecular weight is 202 g/mol. The lowest BCUT2D eigenvalue weighted by molar-refractivity contribution is 0.0231. The summed E-state index contributed by atoms with van der Waals surface area (Å²) in [5, 5.41) is 0. The van der Waals surface area contributed by atoms with E-state index in [-0.39, 0.29) is 12.1 Å². The number of nitrogens with two attached hydrogens (primary N) is 1. The number of amides is 1. The van der Waals surface area contributed by atoms with E-state index in [1.165, 1.54) is 0 Å². The molecule has 0 heterocycles. The predicted octanol–water partition coefficient (Wildman–Crippen LogP) is 1.59. The molecule has 0 bridgehead atoms. The molecule has 2 N–H and O–H groups in total. The van der Waals surface area contributed by atoms with E-state index in [1.54, 1.807) is 11.9 Å². The number of nitrogens with zero attached hydrogens (tertiary/aromatic N) is 1. The van der Waals surface area contributed by atoms with Crippen LogP contribution in [0.25, 0.3) is 0 Å². The molecule has 0 aliphatic carbocycles. The maximum atomic E-state index is 11.5. The molecule has 4 nitrogen and oxygen atoms in total. The van der Waals surface area contributed by atoms with Gasteiger partial charge in [0.15, 0.2) is 0 Å². The van der Waals surface area contributed by atoms with E-state index in [0.717, 1.165) is 6.42 Å². The summed E-state index contributed by atoms with van der Waals surface area (Å²) in [6.07, 6.45) is 0.494. The minimum Gasteiger partial charge on any atom is -0.444 e. The van der Waals surface area contributed by atoms with Crippen molar-refractivity contribution in [1.82, 2.24) is 4.90 Å². The first-order chi connectivity index (χ1) is 6.28. The summed E-state index contributed by atoms with van der Waals surface area (Å²) in [6.45, 7) is 8.09. The van der Waals surface area contributed by atoms with Crippen molar-refractivity contribution in [1.29, 1.82) is 0 Å². The Morgan fingerprint density at radius 1 is 1.50 bits per heavy atom. The SMILES string of the molecule is C[C@@H](CCN)N(C)C(=O)OC(C)(C)C. The van der Waals surface area contributed by atoms with Crippen molar-refractivity contribution in [3.8, 4) is 0 Å². The second kappa shape index (κ2) is 5.20. The minimum atomic E-state index is -0.437. The first kappa shape index (κ1) is 13.2. The Morgan fingerprint density at radius 3 is 2.36 bits per heavy atom. The maximum Gasteiger partial charge on any atom is 0.410 e. The molecule has 1 amide bonds. The number of ether oxygens (including phenoxy) is 1. The van der Waals surface area contributed by atoms with E-state index < -0.39 is 5.60 Å². The van der Waals surface area contributed by atoms with Crippen LogP contribution in [0.5, 0.6) is 0 Å². The van der Waals surface area contributed by atoms with Gasteiger partial charge < -0.3 is 15.4 Å². The highest BCUT2D eigenvalue weighted by Crippen LogP contribution is 2.11. The number of rotatable bonds is 3. The Hall–Kier alpha value is -0.770. The molecule has 0 unspecified atom stereocenters. The number of carbonyl (C=O) groups is 1. The van der Waals surface area contributed by atoms with Crippen LogP contribution in [0.3, 0.4) is 0 Å². The van der Waals surface area contributed by atoms with E-state index in [9.17, 15) is 4.79 Å². The predicted molar refractivity (Wildman–Crippen MR) is 57.1 cm³/mol. The Morgan fingerprint density at radius 2 is 2.00 bits per heavy atom. The Labute approximate surface area is 86.4 Å². The third-order valence-corrected chi connectivity index (χ3v) is 1.93. The summed E-state index contributed by atoms with van der Waals surface area (Å²) < 4.78 is 5.21. The fourth-order valence-corrected chi connectivity index (χ4v) is 0.949. The van der Waals surface area contributed by atoms with Crippen molar-refractivity contribution < 1.29 is 9.53 Å². The smallest absolute Gasteiger partial charge is 0.410 e. The average Bonchev–Trinajstić information content (AvgIpc) is 2.00. The molecule has 0 aliphatic rings. The third-order valence-electron chi connectivity index (χ3n) is 1.93. The lowest BCUT2D eigenvalue weighted by atomic mass is 10.2. The van der Waals surface area contributed by atoms with Crippen LogP contribution < -0.4 is 5.73 Å². The summed E-state index contributed by atoms with van der Waals surface area (Å²) in [4.78, 5) is 13.1. The highest BCUT2D eigenvalue weighted by atomic mass is 16.6. The third kappa shape index (κ3) is 5.07. The molecule has 4 heteroatoms. The summed E-state index contributed by atoms with van der Waals surface area (Å²) in [5.41, 5.74) is 4.98. The second-order valence-electron chi connectivity index (χ2n) is 4.52. The van der Waals surface area contributed by atoms with Crippen LogP contribution in [0.4, 0.5) is 4.79 Å². The molecule has 0 radical (unpaired) electrons. The van der Waals surface area contributed by atoms with Gasteiger partial charge in [0.2, 0.25) is 0 Å². The van der Waals surface area contributed by atoms with Crippen molar-refractivity contribution in [2.75, 3.05) is 13.6 Å². The highest BCUT2D eigenvalue weighted by Gasteiger charge is 2.22. The van der Waals surface area contributed by atoms with Gasteiger partial charge in [-0.05, 0) is 40.7 Å². The van der Waals surface area contributed by atoms with Crippen molar-refractivity contribution in [3.05, 3.63) is 0 Å². The van der Waals surface area contributed by atoms with Crippen LogP contribution in [-0.2, 0) is 4.74 Å². The van der Waals surface area contributed by atoms with Crippen molar-refractivity contribution in [2.45, 2.75) is 45.8 Å². The largest absolute Gasteiger partial charge is 0.444 e. The number of hydrogen-bond donors (Lipinski definition) is 1. The maximum absolute atomic E-state index is 11.5. The lowest BCUT2D eigenvalue weighted by Crippen LogP contribution is -2.40. The highest BCUT2D eigenvalue weighted by molar-refractivity contribution is 5.68. The molecule has 84 valence electrons. The van der Waals surface area contributed by atoms with Crippen molar-refractivity contribution in [2.24, 2.45) is 5.73 Å². The van der Waals surface area contributed by atoms with Crippen molar-refractivity contribution in [3.63, 3.8) is 0 Å². The quantitative estimate of drug-likeness (QED) is 0.756. The molecule has 0 fully saturated rings. The van der Waals surface area contributed by atoms with Gasteiger partial charge in [-0.3, -0.25) is 0 Å². The molecule has 0 spiro atoms. The molecule has 0 saturated carbocycles. The minimum absolute atomic E-state index is 0.120. The normalized spacial score (nSPS) is 13.6. The first-order valence-corrected chi connectivity index (χ1v) is 4.94. The summed E-state index contributed by atoms with van der Waals surface area (Å²) in [5.74, 6) is 0. The van der Waals surface area contributed by atoms with Gasteiger partial charge in [-0.25, -0.2) is 4.79 Å². The van der Waals surface area contributed by atoms with Gasteiger partial charge in [-0.15, -0.1) is 0 Å². The second-order valence-corrected chi connectivity index (χ2v) is 4.52. The fourth-order valence-electron chi connectivity index (χ4n) is 0.949. The fraction of sp³-hybridized carbons (Fsp3) is 0.900.